The molecule has 2 rings (SSSR count). The van der Waals surface area contributed by atoms with E-state index < -0.39 is 0 Å². The molecule has 6 heteroatoms. The molecule has 0 N–H and O–H groups in total. The second-order valence-electron chi connectivity index (χ2n) is 2.94. The zero-order chi connectivity index (χ0) is 10.5. The predicted molar refractivity (Wildman–Crippen MR) is 54.2 cm³/mol. The molecule has 0 unspecified atom stereocenters. The van der Waals surface area contributed by atoms with Crippen LogP contribution in [-0.4, -0.2) is 14.9 Å². The molecule has 1 aromatic heterocycles. The number of aromatic nitrogens is 3. The van der Waals surface area contributed by atoms with Crippen molar-refractivity contribution in [3.63, 3.8) is 0 Å². The monoisotopic (exact) mass is 203 g/mol. The van der Waals surface area contributed by atoms with Gasteiger partial charge in [0.05, 0.1) is 11.8 Å². The Morgan fingerprint density at radius 3 is 2.47 bits per heavy atom. The molecule has 0 saturated carbocycles. The largest absolute Gasteiger partial charge is 0.209 e. The van der Waals surface area contributed by atoms with Crippen molar-refractivity contribution in [2.75, 3.05) is 5.12 Å². The van der Waals surface area contributed by atoms with Crippen LogP contribution in [0.4, 0.5) is 0 Å². The molecule has 6 nitrogen and oxygen atoms in total. The lowest BCUT2D eigenvalue weighted by atomic mass is 10.2. The van der Waals surface area contributed by atoms with Crippen LogP contribution >= 0.6 is 0 Å². The van der Waals surface area contributed by atoms with E-state index in [1.807, 2.05) is 30.3 Å². The number of rotatable bonds is 4. The summed E-state index contributed by atoms with van der Waals surface area (Å²) in [7, 11) is 0. The van der Waals surface area contributed by atoms with Gasteiger partial charge >= 0.3 is 0 Å². The van der Waals surface area contributed by atoms with Gasteiger partial charge in [0, 0.05) is 0 Å². The summed E-state index contributed by atoms with van der Waals surface area (Å²) in [6, 6.07) is 9.57. The van der Waals surface area contributed by atoms with Crippen molar-refractivity contribution >= 4 is 0 Å². The Hall–Kier alpha value is -2.24. The lowest BCUT2D eigenvalue weighted by molar-refractivity contribution is 0.598. The van der Waals surface area contributed by atoms with Crippen molar-refractivity contribution < 1.29 is 0 Å². The third kappa shape index (κ3) is 2.16. The summed E-state index contributed by atoms with van der Waals surface area (Å²) in [5.74, 6) is 0. The fourth-order valence-electron chi connectivity index (χ4n) is 1.21. The van der Waals surface area contributed by atoms with Crippen molar-refractivity contribution in [3.05, 3.63) is 53.5 Å². The fourth-order valence-corrected chi connectivity index (χ4v) is 1.21. The van der Waals surface area contributed by atoms with Gasteiger partial charge in [-0.15, -0.1) is 15.1 Å². The maximum atomic E-state index is 10.6. The van der Waals surface area contributed by atoms with Gasteiger partial charge in [0.2, 0.25) is 0 Å². The van der Waals surface area contributed by atoms with E-state index in [1.165, 1.54) is 22.4 Å². The van der Waals surface area contributed by atoms with Crippen LogP contribution in [0.2, 0.25) is 0 Å². The maximum absolute atomic E-state index is 10.6. The van der Waals surface area contributed by atoms with Crippen LogP contribution in [0.5, 0.6) is 0 Å². The van der Waals surface area contributed by atoms with Gasteiger partial charge in [-0.05, 0) is 5.56 Å². The molecule has 76 valence electrons. The number of nitroso groups, excluding NO2 is 1. The van der Waals surface area contributed by atoms with Crippen LogP contribution in [0.1, 0.15) is 5.56 Å². The molecule has 0 radical (unpaired) electrons. The first-order valence-electron chi connectivity index (χ1n) is 4.40. The first-order chi connectivity index (χ1) is 7.40. The Balaban J connectivity index is 2.13. The van der Waals surface area contributed by atoms with Crippen molar-refractivity contribution in [1.82, 2.24) is 14.9 Å². The normalized spacial score (nSPS) is 9.87. The summed E-state index contributed by atoms with van der Waals surface area (Å²) in [6.07, 6.45) is 2.84. The zero-order valence-corrected chi connectivity index (χ0v) is 7.89. The lowest BCUT2D eigenvalue weighted by Gasteiger charge is -2.14. The molecule has 0 saturated heterocycles. The summed E-state index contributed by atoms with van der Waals surface area (Å²) in [4.78, 5) is 10.6. The van der Waals surface area contributed by atoms with Gasteiger partial charge in [0.25, 0.3) is 0 Å². The number of benzene rings is 1. The predicted octanol–water partition coefficient (Wildman–Crippen LogP) is 1.10. The lowest BCUT2D eigenvalue weighted by Crippen LogP contribution is -2.26. The molecule has 0 aliphatic rings. The molecule has 0 fully saturated rings. The van der Waals surface area contributed by atoms with Gasteiger partial charge in [-0.2, -0.15) is 5.12 Å². The van der Waals surface area contributed by atoms with E-state index in [-0.39, 0.29) is 0 Å². The highest BCUT2D eigenvalue weighted by molar-refractivity contribution is 5.16. The molecule has 1 aromatic carbocycles. The van der Waals surface area contributed by atoms with Crippen LogP contribution in [-0.2, 0) is 6.54 Å². The highest BCUT2D eigenvalue weighted by atomic mass is 16.3. The Morgan fingerprint density at radius 1 is 1.20 bits per heavy atom. The van der Waals surface area contributed by atoms with E-state index in [0.717, 1.165) is 5.56 Å². The molecule has 2 aromatic rings. The van der Waals surface area contributed by atoms with Crippen LogP contribution in [0, 0.1) is 4.91 Å². The standard InChI is InChI=1S/C9H9N5O/c15-12-14(13-7-10-11-8-13)6-9-4-2-1-3-5-9/h1-5,7-8H,6H2. The van der Waals surface area contributed by atoms with Crippen LogP contribution in [0.25, 0.3) is 0 Å². The van der Waals surface area contributed by atoms with Gasteiger partial charge in [-0.25, -0.2) is 4.68 Å². The van der Waals surface area contributed by atoms with Crippen LogP contribution in [0.15, 0.2) is 48.3 Å². The van der Waals surface area contributed by atoms with Gasteiger partial charge in [-0.1, -0.05) is 30.3 Å². The number of hydrogen-bond acceptors (Lipinski definition) is 4. The van der Waals surface area contributed by atoms with Crippen molar-refractivity contribution in [2.24, 2.45) is 5.29 Å². The Bertz CT molecular complexity index is 413. The van der Waals surface area contributed by atoms with E-state index in [4.69, 9.17) is 0 Å². The zero-order valence-electron chi connectivity index (χ0n) is 7.89. The quantitative estimate of drug-likeness (QED) is 0.551. The Morgan fingerprint density at radius 2 is 1.87 bits per heavy atom. The summed E-state index contributed by atoms with van der Waals surface area (Å²) in [6.45, 7) is 0.391. The SMILES string of the molecule is O=NN(Cc1ccccc1)n1cnnc1. The summed E-state index contributed by atoms with van der Waals surface area (Å²) >= 11 is 0. The Kier molecular flexibility index (Phi) is 2.68. The molecule has 0 amide bonds. The van der Waals surface area contributed by atoms with Crippen LogP contribution < -0.4 is 5.12 Å². The van der Waals surface area contributed by atoms with E-state index in [0.29, 0.717) is 6.54 Å². The van der Waals surface area contributed by atoms with Gasteiger partial charge in [0.15, 0.2) is 0 Å². The summed E-state index contributed by atoms with van der Waals surface area (Å²) in [5, 5.41) is 11.3. The van der Waals surface area contributed by atoms with Gasteiger partial charge in [-0.3, -0.25) is 0 Å². The Labute approximate surface area is 86.1 Å². The maximum Gasteiger partial charge on any atom is 0.141 e. The minimum Gasteiger partial charge on any atom is -0.209 e. The molecule has 1 heterocycles. The minimum absolute atomic E-state index is 0.391. The van der Waals surface area contributed by atoms with E-state index in [9.17, 15) is 4.91 Å². The number of hydrogen-bond donors (Lipinski definition) is 0. The average molecular weight is 203 g/mol. The molecule has 0 aliphatic carbocycles. The van der Waals surface area contributed by atoms with E-state index >= 15 is 0 Å². The average Bonchev–Trinajstić information content (AvgIpc) is 2.81. The molecule has 0 atom stereocenters. The highest BCUT2D eigenvalue weighted by Gasteiger charge is 2.05. The molecule has 0 spiro atoms. The van der Waals surface area contributed by atoms with Crippen molar-refractivity contribution in [3.8, 4) is 0 Å². The fraction of sp³-hybridized carbons (Fsp3) is 0.111. The molecular formula is C9H9N5O. The van der Waals surface area contributed by atoms with Crippen molar-refractivity contribution in [2.45, 2.75) is 6.54 Å². The van der Waals surface area contributed by atoms with E-state index in [1.54, 1.807) is 0 Å². The van der Waals surface area contributed by atoms with E-state index in [2.05, 4.69) is 15.5 Å². The molecule has 15 heavy (non-hydrogen) atoms. The second-order valence-corrected chi connectivity index (χ2v) is 2.94. The summed E-state index contributed by atoms with van der Waals surface area (Å²) in [5.41, 5.74) is 0.991. The first kappa shape index (κ1) is 9.32. The number of nitrogens with zero attached hydrogens (tertiary/aromatic N) is 5. The highest BCUT2D eigenvalue weighted by Crippen LogP contribution is 2.03. The third-order valence-corrected chi connectivity index (χ3v) is 1.93. The summed E-state index contributed by atoms with van der Waals surface area (Å²) < 4.78 is 1.43. The topological polar surface area (TPSA) is 63.4 Å². The molecule has 0 aliphatic heterocycles. The second kappa shape index (κ2) is 4.32. The van der Waals surface area contributed by atoms with Gasteiger partial charge in [0.1, 0.15) is 12.7 Å². The molecule has 0 bridgehead atoms. The third-order valence-electron chi connectivity index (χ3n) is 1.93. The van der Waals surface area contributed by atoms with Crippen molar-refractivity contribution in [1.29, 1.82) is 0 Å². The first-order valence-corrected chi connectivity index (χ1v) is 4.40. The minimum atomic E-state index is 0.391. The van der Waals surface area contributed by atoms with Crippen LogP contribution in [0.3, 0.4) is 0 Å². The van der Waals surface area contributed by atoms with Gasteiger partial charge < -0.3 is 0 Å². The molecular weight excluding hydrogens is 194 g/mol. The smallest absolute Gasteiger partial charge is 0.141 e.